The molecule has 9 heteroatoms. The number of ketones is 1. The van der Waals surface area contributed by atoms with Crippen LogP contribution in [0.25, 0.3) is 5.69 Å². The number of phenols is 1. The fourth-order valence-electron chi connectivity index (χ4n) is 4.45. The summed E-state index contributed by atoms with van der Waals surface area (Å²) in [5.41, 5.74) is 1.13. The Morgan fingerprint density at radius 2 is 1.68 bits per heavy atom. The molecule has 34 heavy (non-hydrogen) atoms. The summed E-state index contributed by atoms with van der Waals surface area (Å²) in [4.78, 5) is 27.6. The molecule has 0 saturated carbocycles. The third-order valence-electron chi connectivity index (χ3n) is 6.28. The topological polar surface area (TPSA) is 75.4 Å². The van der Waals surface area contributed by atoms with Gasteiger partial charge in [-0.3, -0.25) is 9.59 Å². The number of aryl methyl sites for hydroxylation is 1. The molecule has 0 unspecified atom stereocenters. The summed E-state index contributed by atoms with van der Waals surface area (Å²) in [5.74, 6) is -0.930. The van der Waals surface area contributed by atoms with Gasteiger partial charge in [-0.15, -0.1) is 0 Å². The molecular weight excluding hydrogens is 447 g/mol. The van der Waals surface area contributed by atoms with Gasteiger partial charge in [0.15, 0.2) is 0 Å². The molecule has 0 atom stereocenters. The van der Waals surface area contributed by atoms with E-state index in [2.05, 4.69) is 5.10 Å². The molecule has 0 spiro atoms. The van der Waals surface area contributed by atoms with E-state index >= 15 is 0 Å². The number of piperidine rings is 1. The molecular formula is C25H24F3N3O3. The Labute approximate surface area is 194 Å². The van der Waals surface area contributed by atoms with E-state index in [1.165, 1.54) is 21.7 Å². The van der Waals surface area contributed by atoms with E-state index in [0.717, 1.165) is 17.7 Å². The van der Waals surface area contributed by atoms with Crippen molar-refractivity contribution in [1.29, 1.82) is 0 Å². The van der Waals surface area contributed by atoms with Crippen LogP contribution in [-0.2, 0) is 11.0 Å². The molecule has 0 radical (unpaired) electrons. The van der Waals surface area contributed by atoms with Crippen LogP contribution in [0.4, 0.5) is 13.2 Å². The Balaban J connectivity index is 1.51. The highest BCUT2D eigenvalue weighted by Crippen LogP contribution is 2.32. The highest BCUT2D eigenvalue weighted by Gasteiger charge is 2.33. The highest BCUT2D eigenvalue weighted by atomic mass is 19.4. The van der Waals surface area contributed by atoms with Gasteiger partial charge in [0.1, 0.15) is 5.75 Å². The summed E-state index contributed by atoms with van der Waals surface area (Å²) in [5, 5.41) is 13.7. The Hall–Kier alpha value is -3.62. The van der Waals surface area contributed by atoms with Crippen LogP contribution < -0.4 is 0 Å². The van der Waals surface area contributed by atoms with E-state index in [1.807, 2.05) is 12.1 Å². The monoisotopic (exact) mass is 471 g/mol. The summed E-state index contributed by atoms with van der Waals surface area (Å²) in [6.07, 6.45) is -3.14. The molecule has 2 aromatic carbocycles. The molecule has 0 aliphatic carbocycles. The quantitative estimate of drug-likeness (QED) is 0.438. The predicted molar refractivity (Wildman–Crippen MR) is 119 cm³/mol. The van der Waals surface area contributed by atoms with Crippen molar-refractivity contribution in [1.82, 2.24) is 14.7 Å². The van der Waals surface area contributed by atoms with Gasteiger partial charge < -0.3 is 10.0 Å². The molecule has 1 saturated heterocycles. The minimum absolute atomic E-state index is 0.114. The molecule has 1 aliphatic heterocycles. The number of hydrogen-bond donors (Lipinski definition) is 1. The maximum atomic E-state index is 13.1. The molecule has 1 amide bonds. The number of carbonyl (C=O) groups is 2. The first-order chi connectivity index (χ1) is 16.1. The van der Waals surface area contributed by atoms with Gasteiger partial charge in [0.05, 0.1) is 28.2 Å². The summed E-state index contributed by atoms with van der Waals surface area (Å²) in [7, 11) is 0. The number of Topliss-reactive ketones (excluding diaryl/α,β-unsaturated/α-hetero) is 1. The Morgan fingerprint density at radius 3 is 2.29 bits per heavy atom. The number of hydrogen-bond acceptors (Lipinski definition) is 4. The first-order valence-corrected chi connectivity index (χ1v) is 10.9. The molecule has 3 aromatic rings. The summed E-state index contributed by atoms with van der Waals surface area (Å²) in [6, 6.07) is 11.7. The average Bonchev–Trinajstić information content (AvgIpc) is 3.12. The Morgan fingerprint density at radius 1 is 1.03 bits per heavy atom. The lowest BCUT2D eigenvalue weighted by atomic mass is 9.89. The minimum Gasteiger partial charge on any atom is -0.508 e. The molecule has 1 aromatic heterocycles. The zero-order chi connectivity index (χ0) is 24.6. The molecule has 2 heterocycles. The molecule has 4 rings (SSSR count). The van der Waals surface area contributed by atoms with Gasteiger partial charge >= 0.3 is 6.18 Å². The molecule has 178 valence electrons. The maximum Gasteiger partial charge on any atom is 0.416 e. The maximum absolute atomic E-state index is 13.1. The number of carbonyl (C=O) groups excluding carboxylic acids is 2. The SMILES string of the molecule is Cc1nn(-c2cccc(C(F)(F)F)c2)c(C)c1C(=O)C(=O)N1CCC(c2ccc(O)cc2)CC1. The van der Waals surface area contributed by atoms with E-state index in [0.29, 0.717) is 31.6 Å². The smallest absolute Gasteiger partial charge is 0.416 e. The van der Waals surface area contributed by atoms with Crippen LogP contribution in [0.1, 0.15) is 51.6 Å². The number of likely N-dealkylation sites (tertiary alicyclic amines) is 1. The minimum atomic E-state index is -4.51. The number of nitrogens with zero attached hydrogens (tertiary/aromatic N) is 3. The molecule has 6 nitrogen and oxygen atoms in total. The third-order valence-corrected chi connectivity index (χ3v) is 6.28. The number of alkyl halides is 3. The first-order valence-electron chi connectivity index (χ1n) is 10.9. The second-order valence-electron chi connectivity index (χ2n) is 8.49. The highest BCUT2D eigenvalue weighted by molar-refractivity contribution is 6.43. The van der Waals surface area contributed by atoms with Crippen LogP contribution >= 0.6 is 0 Å². The van der Waals surface area contributed by atoms with Crippen LogP contribution in [0.15, 0.2) is 48.5 Å². The average molecular weight is 471 g/mol. The normalized spacial score (nSPS) is 14.9. The van der Waals surface area contributed by atoms with Crippen molar-refractivity contribution in [2.75, 3.05) is 13.1 Å². The largest absolute Gasteiger partial charge is 0.508 e. The Bertz CT molecular complexity index is 1220. The number of rotatable bonds is 4. The van der Waals surface area contributed by atoms with Gasteiger partial charge in [-0.25, -0.2) is 4.68 Å². The zero-order valence-corrected chi connectivity index (χ0v) is 18.8. The van der Waals surface area contributed by atoms with Gasteiger partial charge in [0.25, 0.3) is 11.7 Å². The van der Waals surface area contributed by atoms with E-state index in [4.69, 9.17) is 0 Å². The van der Waals surface area contributed by atoms with Crippen molar-refractivity contribution in [3.8, 4) is 11.4 Å². The number of aromatic nitrogens is 2. The van der Waals surface area contributed by atoms with Gasteiger partial charge in [-0.05, 0) is 68.5 Å². The van der Waals surface area contributed by atoms with E-state index < -0.39 is 23.4 Å². The fraction of sp³-hybridized carbons (Fsp3) is 0.320. The molecule has 1 aliphatic rings. The lowest BCUT2D eigenvalue weighted by Crippen LogP contribution is -2.42. The fourth-order valence-corrected chi connectivity index (χ4v) is 4.45. The Kier molecular flexibility index (Phi) is 6.20. The lowest BCUT2D eigenvalue weighted by Gasteiger charge is -2.31. The van der Waals surface area contributed by atoms with Crippen molar-refractivity contribution in [3.63, 3.8) is 0 Å². The third kappa shape index (κ3) is 4.55. The summed E-state index contributed by atoms with van der Waals surface area (Å²) < 4.78 is 40.6. The lowest BCUT2D eigenvalue weighted by molar-refractivity contribution is -0.137. The van der Waals surface area contributed by atoms with Crippen LogP contribution in [0.5, 0.6) is 5.75 Å². The predicted octanol–water partition coefficient (Wildman–Crippen LogP) is 4.80. The van der Waals surface area contributed by atoms with E-state index in [-0.39, 0.29) is 28.6 Å². The number of aromatic hydroxyl groups is 1. The number of benzene rings is 2. The zero-order valence-electron chi connectivity index (χ0n) is 18.8. The number of phenolic OH excluding ortho intramolecular Hbond substituents is 1. The van der Waals surface area contributed by atoms with Crippen LogP contribution in [0.3, 0.4) is 0 Å². The van der Waals surface area contributed by atoms with Crippen LogP contribution in [0.2, 0.25) is 0 Å². The van der Waals surface area contributed by atoms with Gasteiger partial charge in [0, 0.05) is 13.1 Å². The summed E-state index contributed by atoms with van der Waals surface area (Å²) in [6.45, 7) is 3.96. The van der Waals surface area contributed by atoms with Crippen molar-refractivity contribution in [3.05, 3.63) is 76.6 Å². The van der Waals surface area contributed by atoms with Gasteiger partial charge in [0.2, 0.25) is 0 Å². The number of amides is 1. The standard InChI is InChI=1S/C25H24F3N3O3/c1-15-22(16(2)31(29-15)20-5-3-4-19(14-20)25(26,27)28)23(33)24(34)30-12-10-18(11-13-30)17-6-8-21(32)9-7-17/h3-9,14,18,32H,10-13H2,1-2H3. The second kappa shape index (κ2) is 8.96. The van der Waals surface area contributed by atoms with Gasteiger partial charge in [-0.2, -0.15) is 18.3 Å². The van der Waals surface area contributed by atoms with Crippen molar-refractivity contribution in [2.24, 2.45) is 0 Å². The van der Waals surface area contributed by atoms with Gasteiger partial charge in [-0.1, -0.05) is 18.2 Å². The van der Waals surface area contributed by atoms with E-state index in [1.54, 1.807) is 26.0 Å². The number of halogens is 3. The second-order valence-corrected chi connectivity index (χ2v) is 8.49. The van der Waals surface area contributed by atoms with Crippen molar-refractivity contribution in [2.45, 2.75) is 38.8 Å². The van der Waals surface area contributed by atoms with E-state index in [9.17, 15) is 27.9 Å². The van der Waals surface area contributed by atoms with Crippen molar-refractivity contribution < 1.29 is 27.9 Å². The summed E-state index contributed by atoms with van der Waals surface area (Å²) >= 11 is 0. The molecule has 1 N–H and O–H groups in total. The molecule has 0 bridgehead atoms. The molecule has 1 fully saturated rings. The van der Waals surface area contributed by atoms with Crippen LogP contribution in [0, 0.1) is 13.8 Å². The van der Waals surface area contributed by atoms with Crippen molar-refractivity contribution >= 4 is 11.7 Å². The van der Waals surface area contributed by atoms with Crippen LogP contribution in [-0.4, -0.2) is 44.6 Å². The first kappa shape index (κ1) is 23.5.